The Balaban J connectivity index is 1.55. The summed E-state index contributed by atoms with van der Waals surface area (Å²) in [5, 5.41) is 13.2. The van der Waals surface area contributed by atoms with Gasteiger partial charge in [0.1, 0.15) is 11.5 Å². The van der Waals surface area contributed by atoms with Gasteiger partial charge >= 0.3 is 0 Å². The van der Waals surface area contributed by atoms with Crippen LogP contribution in [0.1, 0.15) is 11.3 Å². The first kappa shape index (κ1) is 21.4. The van der Waals surface area contributed by atoms with Crippen LogP contribution in [0, 0.1) is 6.92 Å². The maximum atomic E-state index is 12.2. The molecule has 1 amide bonds. The summed E-state index contributed by atoms with van der Waals surface area (Å²) in [7, 11) is 1.63. The minimum absolute atomic E-state index is 0.127. The van der Waals surface area contributed by atoms with Crippen LogP contribution in [-0.2, 0) is 4.79 Å². The Kier molecular flexibility index (Phi) is 6.66. The van der Waals surface area contributed by atoms with Gasteiger partial charge in [-0.15, -0.1) is 10.2 Å². The van der Waals surface area contributed by atoms with E-state index in [1.807, 2.05) is 60.0 Å². The summed E-state index contributed by atoms with van der Waals surface area (Å²) in [6.07, 6.45) is 2.98. The molecule has 2 aromatic heterocycles. The van der Waals surface area contributed by atoms with E-state index in [9.17, 15) is 4.79 Å². The first-order chi connectivity index (χ1) is 15.6. The number of ether oxygens (including phenoxy) is 1. The van der Waals surface area contributed by atoms with Gasteiger partial charge in [-0.3, -0.25) is 9.36 Å². The maximum Gasteiger partial charge on any atom is 0.250 e. The number of aromatic nitrogens is 3. The van der Waals surface area contributed by atoms with Gasteiger partial charge < -0.3 is 9.15 Å². The van der Waals surface area contributed by atoms with Crippen molar-refractivity contribution in [3.8, 4) is 22.8 Å². The Labute approximate surface area is 189 Å². The number of thioether (sulfide) groups is 1. The Hall–Kier alpha value is -3.85. The van der Waals surface area contributed by atoms with Crippen LogP contribution in [0.5, 0.6) is 5.75 Å². The fourth-order valence-electron chi connectivity index (χ4n) is 2.91. The molecule has 2 aromatic carbocycles. The highest BCUT2D eigenvalue weighted by atomic mass is 32.2. The molecule has 0 radical (unpaired) electrons. The van der Waals surface area contributed by atoms with Crippen molar-refractivity contribution in [1.82, 2.24) is 20.2 Å². The molecule has 0 spiro atoms. The number of benzene rings is 2. The van der Waals surface area contributed by atoms with Crippen molar-refractivity contribution in [1.29, 1.82) is 0 Å². The highest BCUT2D eigenvalue weighted by Gasteiger charge is 2.17. The summed E-state index contributed by atoms with van der Waals surface area (Å²) in [5.74, 6) is 1.86. The van der Waals surface area contributed by atoms with Crippen LogP contribution < -0.4 is 10.2 Å². The van der Waals surface area contributed by atoms with Crippen LogP contribution in [0.4, 0.5) is 0 Å². The zero-order valence-electron chi connectivity index (χ0n) is 17.6. The number of hydrazone groups is 1. The molecule has 32 heavy (non-hydrogen) atoms. The summed E-state index contributed by atoms with van der Waals surface area (Å²) < 4.78 is 12.3. The Morgan fingerprint density at radius 1 is 1.16 bits per heavy atom. The van der Waals surface area contributed by atoms with E-state index >= 15 is 0 Å². The van der Waals surface area contributed by atoms with Gasteiger partial charge in [-0.05, 0) is 55.5 Å². The minimum atomic E-state index is -0.262. The first-order valence-corrected chi connectivity index (χ1v) is 10.8. The van der Waals surface area contributed by atoms with Crippen molar-refractivity contribution in [2.24, 2.45) is 5.10 Å². The fraction of sp³-hybridized carbons (Fsp3) is 0.130. The second-order valence-corrected chi connectivity index (χ2v) is 7.75. The number of carbonyl (C=O) groups excluding carboxylic acids is 1. The van der Waals surface area contributed by atoms with E-state index in [0.29, 0.717) is 16.7 Å². The van der Waals surface area contributed by atoms with Crippen LogP contribution in [0.15, 0.2) is 81.6 Å². The molecule has 9 heteroatoms. The second-order valence-electron chi connectivity index (χ2n) is 6.80. The van der Waals surface area contributed by atoms with E-state index in [2.05, 4.69) is 20.7 Å². The summed E-state index contributed by atoms with van der Waals surface area (Å²) in [6, 6.07) is 19.2. The highest BCUT2D eigenvalue weighted by molar-refractivity contribution is 7.99. The van der Waals surface area contributed by atoms with Gasteiger partial charge in [-0.1, -0.05) is 29.5 Å². The molecule has 1 N–H and O–H groups in total. The van der Waals surface area contributed by atoms with Crippen LogP contribution in [-0.4, -0.2) is 39.7 Å². The standard InChI is InChI=1S/C23H21N5O3S/c1-16-5-9-18(10-6-16)28-22(17-7-11-19(30-2)12-8-17)26-27-23(28)32-15-21(29)25-24-14-20-4-3-13-31-20/h3-14H,15H2,1-2H3,(H,25,29)/b24-14-. The van der Waals surface area contributed by atoms with E-state index in [1.165, 1.54) is 24.2 Å². The van der Waals surface area contributed by atoms with Gasteiger partial charge in [0.25, 0.3) is 5.91 Å². The van der Waals surface area contributed by atoms with E-state index < -0.39 is 0 Å². The van der Waals surface area contributed by atoms with Crippen molar-refractivity contribution in [2.45, 2.75) is 12.1 Å². The summed E-state index contributed by atoms with van der Waals surface area (Å²) >= 11 is 1.28. The first-order valence-electron chi connectivity index (χ1n) is 9.79. The van der Waals surface area contributed by atoms with Gasteiger partial charge in [-0.25, -0.2) is 5.43 Å². The van der Waals surface area contributed by atoms with Crippen LogP contribution in [0.25, 0.3) is 17.1 Å². The van der Waals surface area contributed by atoms with E-state index in [4.69, 9.17) is 9.15 Å². The van der Waals surface area contributed by atoms with Gasteiger partial charge in [-0.2, -0.15) is 5.10 Å². The van der Waals surface area contributed by atoms with E-state index in [1.54, 1.807) is 19.2 Å². The molecule has 0 atom stereocenters. The molecule has 2 heterocycles. The molecular formula is C23H21N5O3S. The number of carbonyl (C=O) groups is 1. The smallest absolute Gasteiger partial charge is 0.250 e. The van der Waals surface area contributed by atoms with Crippen LogP contribution in [0.2, 0.25) is 0 Å². The molecule has 4 rings (SSSR count). The molecule has 0 saturated carbocycles. The lowest BCUT2D eigenvalue weighted by molar-refractivity contribution is -0.118. The lowest BCUT2D eigenvalue weighted by Gasteiger charge is -2.11. The number of nitrogens with one attached hydrogen (secondary N) is 1. The Bertz CT molecular complexity index is 1200. The predicted octanol–water partition coefficient (Wildman–Crippen LogP) is 4.09. The van der Waals surface area contributed by atoms with Crippen molar-refractivity contribution < 1.29 is 13.9 Å². The van der Waals surface area contributed by atoms with E-state index in [0.717, 1.165) is 22.6 Å². The number of nitrogens with zero attached hydrogens (tertiary/aromatic N) is 4. The number of hydrogen-bond donors (Lipinski definition) is 1. The zero-order chi connectivity index (χ0) is 22.3. The van der Waals surface area contributed by atoms with Gasteiger partial charge in [0, 0.05) is 11.3 Å². The molecule has 0 aliphatic heterocycles. The third-order valence-corrected chi connectivity index (χ3v) is 5.46. The Morgan fingerprint density at radius 3 is 2.62 bits per heavy atom. The quantitative estimate of drug-likeness (QED) is 0.248. The average Bonchev–Trinajstić information content (AvgIpc) is 3.48. The van der Waals surface area contributed by atoms with E-state index in [-0.39, 0.29) is 11.7 Å². The van der Waals surface area contributed by atoms with Gasteiger partial charge in [0.05, 0.1) is 25.3 Å². The van der Waals surface area contributed by atoms with Gasteiger partial charge in [0.2, 0.25) is 0 Å². The monoisotopic (exact) mass is 447 g/mol. The zero-order valence-corrected chi connectivity index (χ0v) is 18.4. The summed E-state index contributed by atoms with van der Waals surface area (Å²) in [6.45, 7) is 2.03. The molecular weight excluding hydrogens is 426 g/mol. The lowest BCUT2D eigenvalue weighted by Crippen LogP contribution is -2.19. The number of aryl methyl sites for hydroxylation is 1. The van der Waals surface area contributed by atoms with Gasteiger partial charge in [0.15, 0.2) is 11.0 Å². The fourth-order valence-corrected chi connectivity index (χ4v) is 3.66. The third-order valence-electron chi connectivity index (χ3n) is 4.53. The predicted molar refractivity (Wildman–Crippen MR) is 123 cm³/mol. The minimum Gasteiger partial charge on any atom is -0.497 e. The molecule has 162 valence electrons. The van der Waals surface area contributed by atoms with Crippen molar-refractivity contribution in [2.75, 3.05) is 12.9 Å². The van der Waals surface area contributed by atoms with Crippen molar-refractivity contribution in [3.63, 3.8) is 0 Å². The second kappa shape index (κ2) is 9.97. The molecule has 0 aliphatic carbocycles. The molecule has 0 aliphatic rings. The van der Waals surface area contributed by atoms with Crippen molar-refractivity contribution in [3.05, 3.63) is 78.3 Å². The maximum absolute atomic E-state index is 12.2. The molecule has 0 saturated heterocycles. The molecule has 8 nitrogen and oxygen atoms in total. The average molecular weight is 448 g/mol. The normalized spacial score (nSPS) is 11.1. The summed E-state index contributed by atoms with van der Waals surface area (Å²) in [4.78, 5) is 12.2. The molecule has 4 aromatic rings. The van der Waals surface area contributed by atoms with Crippen LogP contribution >= 0.6 is 11.8 Å². The molecule has 0 unspecified atom stereocenters. The third kappa shape index (κ3) is 5.06. The molecule has 0 fully saturated rings. The largest absolute Gasteiger partial charge is 0.497 e. The Morgan fingerprint density at radius 2 is 1.94 bits per heavy atom. The SMILES string of the molecule is COc1ccc(-c2nnc(SCC(=O)N/N=C\c3ccco3)n2-c2ccc(C)cc2)cc1. The number of rotatable bonds is 8. The molecule has 0 bridgehead atoms. The lowest BCUT2D eigenvalue weighted by atomic mass is 10.2. The topological polar surface area (TPSA) is 94.5 Å². The number of furan rings is 1. The van der Waals surface area contributed by atoms with Crippen LogP contribution in [0.3, 0.4) is 0 Å². The number of amides is 1. The number of hydrogen-bond acceptors (Lipinski definition) is 7. The van der Waals surface area contributed by atoms with Crippen molar-refractivity contribution >= 4 is 23.9 Å². The summed E-state index contributed by atoms with van der Waals surface area (Å²) in [5.41, 5.74) is 5.43. The highest BCUT2D eigenvalue weighted by Crippen LogP contribution is 2.29. The number of methoxy groups -OCH3 is 1.